The van der Waals surface area contributed by atoms with Crippen molar-refractivity contribution in [3.8, 4) is 0 Å². The fraction of sp³-hybridized carbons (Fsp3) is 0.545. The zero-order valence-electron chi connectivity index (χ0n) is 8.95. The number of ketones is 1. The highest BCUT2D eigenvalue weighted by molar-refractivity contribution is 5.95. The first kappa shape index (κ1) is 10.8. The summed E-state index contributed by atoms with van der Waals surface area (Å²) in [7, 11) is 0. The van der Waals surface area contributed by atoms with Crippen molar-refractivity contribution in [2.24, 2.45) is 5.92 Å². The molecule has 0 aliphatic rings. The lowest BCUT2D eigenvalue weighted by Gasteiger charge is -2.07. The number of carbonyl (C=O) groups is 1. The summed E-state index contributed by atoms with van der Waals surface area (Å²) in [6.07, 6.45) is 3.58. The Morgan fingerprint density at radius 3 is 2.86 bits per heavy atom. The lowest BCUT2D eigenvalue weighted by molar-refractivity contribution is 0.0918. The molecule has 0 aliphatic heterocycles. The van der Waals surface area contributed by atoms with Crippen molar-refractivity contribution in [1.29, 1.82) is 0 Å². The van der Waals surface area contributed by atoms with Crippen molar-refractivity contribution in [2.45, 2.75) is 33.6 Å². The minimum atomic E-state index is 0.0642. The summed E-state index contributed by atoms with van der Waals surface area (Å²) >= 11 is 0. The average molecular weight is 192 g/mol. The van der Waals surface area contributed by atoms with Gasteiger partial charge in [-0.15, -0.1) is 0 Å². The Morgan fingerprint density at radius 2 is 2.29 bits per heavy atom. The molecule has 1 rings (SSSR count). The van der Waals surface area contributed by atoms with Gasteiger partial charge in [0.05, 0.1) is 0 Å². The number of nitrogens with zero attached hydrogens (tertiary/aromatic N) is 2. The Morgan fingerprint density at radius 1 is 1.57 bits per heavy atom. The number of aryl methyl sites for hydroxylation is 1. The maximum absolute atomic E-state index is 11.8. The molecule has 3 nitrogen and oxygen atoms in total. The molecule has 0 bridgehead atoms. The topological polar surface area (TPSA) is 42.9 Å². The molecule has 0 spiro atoms. The van der Waals surface area contributed by atoms with Gasteiger partial charge in [-0.05, 0) is 19.4 Å². The van der Waals surface area contributed by atoms with E-state index in [4.69, 9.17) is 0 Å². The molecule has 0 aliphatic carbocycles. The van der Waals surface area contributed by atoms with Crippen molar-refractivity contribution in [1.82, 2.24) is 9.97 Å². The van der Waals surface area contributed by atoms with Gasteiger partial charge in [-0.2, -0.15) is 0 Å². The molecule has 0 fully saturated rings. The van der Waals surface area contributed by atoms with E-state index in [0.29, 0.717) is 11.5 Å². The third kappa shape index (κ3) is 2.62. The second kappa shape index (κ2) is 4.84. The monoisotopic (exact) mass is 192 g/mol. The minimum Gasteiger partial charge on any atom is -0.292 e. The Balaban J connectivity index is 2.78. The van der Waals surface area contributed by atoms with Crippen molar-refractivity contribution >= 4 is 5.78 Å². The van der Waals surface area contributed by atoms with Crippen LogP contribution in [0.5, 0.6) is 0 Å². The molecular formula is C11H16N2O. The number of aromatic nitrogens is 2. The van der Waals surface area contributed by atoms with Gasteiger partial charge in [0.1, 0.15) is 11.5 Å². The quantitative estimate of drug-likeness (QED) is 0.688. The average Bonchev–Trinajstić information content (AvgIpc) is 2.17. The van der Waals surface area contributed by atoms with E-state index < -0.39 is 0 Å². The third-order valence-electron chi connectivity index (χ3n) is 2.20. The van der Waals surface area contributed by atoms with Crippen LogP contribution in [-0.4, -0.2) is 15.8 Å². The van der Waals surface area contributed by atoms with Crippen LogP contribution in [0.3, 0.4) is 0 Å². The van der Waals surface area contributed by atoms with Crippen LogP contribution in [0.1, 0.15) is 43.0 Å². The lowest BCUT2D eigenvalue weighted by Crippen LogP contribution is -2.13. The van der Waals surface area contributed by atoms with Crippen LogP contribution in [-0.2, 0) is 0 Å². The van der Waals surface area contributed by atoms with Crippen LogP contribution in [0.4, 0.5) is 0 Å². The summed E-state index contributed by atoms with van der Waals surface area (Å²) in [5.41, 5.74) is 0.540. The van der Waals surface area contributed by atoms with Gasteiger partial charge < -0.3 is 0 Å². The van der Waals surface area contributed by atoms with Crippen molar-refractivity contribution in [2.75, 3.05) is 0 Å². The fourth-order valence-corrected chi connectivity index (χ4v) is 1.41. The molecule has 1 heterocycles. The number of hydrogen-bond donors (Lipinski definition) is 0. The van der Waals surface area contributed by atoms with Crippen LogP contribution >= 0.6 is 0 Å². The van der Waals surface area contributed by atoms with E-state index in [1.165, 1.54) is 0 Å². The molecule has 14 heavy (non-hydrogen) atoms. The van der Waals surface area contributed by atoms with Gasteiger partial charge in [0.15, 0.2) is 5.78 Å². The summed E-state index contributed by atoms with van der Waals surface area (Å²) in [6, 6.07) is 1.68. The van der Waals surface area contributed by atoms with Crippen LogP contribution in [0.25, 0.3) is 0 Å². The second-order valence-electron chi connectivity index (χ2n) is 3.54. The maximum Gasteiger partial charge on any atom is 0.184 e. The Hall–Kier alpha value is -1.25. The predicted molar refractivity (Wildman–Crippen MR) is 55.2 cm³/mol. The zero-order valence-corrected chi connectivity index (χ0v) is 8.95. The van der Waals surface area contributed by atoms with E-state index in [-0.39, 0.29) is 11.7 Å². The van der Waals surface area contributed by atoms with Gasteiger partial charge in [0.2, 0.25) is 0 Å². The molecule has 1 unspecified atom stereocenters. The Kier molecular flexibility index (Phi) is 3.74. The molecule has 76 valence electrons. The highest BCUT2D eigenvalue weighted by atomic mass is 16.1. The van der Waals surface area contributed by atoms with Gasteiger partial charge in [-0.3, -0.25) is 4.79 Å². The van der Waals surface area contributed by atoms with E-state index in [1.807, 2.05) is 6.92 Å². The van der Waals surface area contributed by atoms with Gasteiger partial charge >= 0.3 is 0 Å². The first-order valence-electron chi connectivity index (χ1n) is 4.99. The molecule has 0 aromatic carbocycles. The number of carbonyl (C=O) groups excluding carboxylic acids is 1. The molecule has 1 aromatic heterocycles. The smallest absolute Gasteiger partial charge is 0.184 e. The van der Waals surface area contributed by atoms with E-state index in [0.717, 1.165) is 12.8 Å². The number of rotatable bonds is 4. The zero-order chi connectivity index (χ0) is 10.6. The van der Waals surface area contributed by atoms with E-state index >= 15 is 0 Å². The summed E-state index contributed by atoms with van der Waals surface area (Å²) in [6.45, 7) is 5.82. The Labute approximate surface area is 84.6 Å². The van der Waals surface area contributed by atoms with Crippen LogP contribution in [0.15, 0.2) is 12.3 Å². The Bertz CT molecular complexity index is 323. The van der Waals surface area contributed by atoms with Gasteiger partial charge in [0.25, 0.3) is 0 Å². The minimum absolute atomic E-state index is 0.0642. The molecular weight excluding hydrogens is 176 g/mol. The second-order valence-corrected chi connectivity index (χ2v) is 3.54. The molecule has 1 atom stereocenters. The molecule has 3 heteroatoms. The molecule has 0 saturated carbocycles. The predicted octanol–water partition coefficient (Wildman–Crippen LogP) is 2.40. The molecule has 0 saturated heterocycles. The largest absolute Gasteiger partial charge is 0.292 e. The first-order chi connectivity index (χ1) is 6.65. The number of Topliss-reactive ketones (excluding diaryl/α,β-unsaturated/α-hetero) is 1. The van der Waals surface area contributed by atoms with E-state index in [2.05, 4.69) is 16.9 Å². The standard InChI is InChI=1S/C11H16N2O/c1-4-5-8(2)11(14)10-6-7-12-9(3)13-10/h6-8H,4-5H2,1-3H3. The highest BCUT2D eigenvalue weighted by Gasteiger charge is 2.15. The van der Waals surface area contributed by atoms with Crippen molar-refractivity contribution < 1.29 is 4.79 Å². The first-order valence-corrected chi connectivity index (χ1v) is 4.99. The summed E-state index contributed by atoms with van der Waals surface area (Å²) in [4.78, 5) is 19.9. The molecule has 0 N–H and O–H groups in total. The highest BCUT2D eigenvalue weighted by Crippen LogP contribution is 2.11. The third-order valence-corrected chi connectivity index (χ3v) is 2.20. The van der Waals surface area contributed by atoms with Gasteiger partial charge in [0, 0.05) is 12.1 Å². The van der Waals surface area contributed by atoms with Crippen LogP contribution in [0, 0.1) is 12.8 Å². The molecule has 1 aromatic rings. The van der Waals surface area contributed by atoms with Crippen molar-refractivity contribution in [3.05, 3.63) is 23.8 Å². The fourth-order valence-electron chi connectivity index (χ4n) is 1.41. The van der Waals surface area contributed by atoms with Crippen LogP contribution < -0.4 is 0 Å². The molecule has 0 radical (unpaired) electrons. The summed E-state index contributed by atoms with van der Waals surface area (Å²) < 4.78 is 0. The SMILES string of the molecule is CCCC(C)C(=O)c1ccnc(C)n1. The van der Waals surface area contributed by atoms with Gasteiger partial charge in [-0.25, -0.2) is 9.97 Å². The normalized spacial score (nSPS) is 12.5. The molecule has 0 amide bonds. The number of hydrogen-bond acceptors (Lipinski definition) is 3. The van der Waals surface area contributed by atoms with E-state index in [9.17, 15) is 4.79 Å². The summed E-state index contributed by atoms with van der Waals surface area (Å²) in [5.74, 6) is 0.839. The van der Waals surface area contributed by atoms with Gasteiger partial charge in [-0.1, -0.05) is 20.3 Å². The maximum atomic E-state index is 11.8. The van der Waals surface area contributed by atoms with Crippen LogP contribution in [0.2, 0.25) is 0 Å². The van der Waals surface area contributed by atoms with E-state index in [1.54, 1.807) is 19.2 Å². The lowest BCUT2D eigenvalue weighted by atomic mass is 9.99. The summed E-state index contributed by atoms with van der Waals surface area (Å²) in [5, 5.41) is 0. The van der Waals surface area contributed by atoms with Crippen molar-refractivity contribution in [3.63, 3.8) is 0 Å².